The van der Waals surface area contributed by atoms with E-state index in [1.54, 1.807) is 14.2 Å². The number of halogens is 1. The third-order valence-electron chi connectivity index (χ3n) is 4.26. The van der Waals surface area contributed by atoms with Gasteiger partial charge in [-0.1, -0.05) is 24.3 Å². The summed E-state index contributed by atoms with van der Waals surface area (Å²) in [5.74, 6) is 1.55. The van der Waals surface area contributed by atoms with Crippen LogP contribution in [0.5, 0.6) is 11.5 Å². The van der Waals surface area contributed by atoms with Crippen LogP contribution in [0.15, 0.2) is 54.9 Å². The summed E-state index contributed by atoms with van der Waals surface area (Å²) < 4.78 is 13.1. The minimum absolute atomic E-state index is 0. The molecule has 0 N–H and O–H groups in total. The molecule has 0 unspecified atom stereocenters. The molecule has 1 heterocycles. The SMILES string of the molecule is COc1ccc2cc[n+](CCc3ccccc3C)cc2c1OC.[Cl-]. The number of fused-ring (bicyclic) bond motifs is 1. The lowest BCUT2D eigenvalue weighted by molar-refractivity contribution is -0.695. The summed E-state index contributed by atoms with van der Waals surface area (Å²) >= 11 is 0. The molecule has 126 valence electrons. The zero-order valence-electron chi connectivity index (χ0n) is 14.3. The van der Waals surface area contributed by atoms with E-state index in [0.29, 0.717) is 0 Å². The molecule has 0 amide bonds. The molecule has 3 aromatic rings. The summed E-state index contributed by atoms with van der Waals surface area (Å²) in [6.07, 6.45) is 5.26. The minimum atomic E-state index is 0. The van der Waals surface area contributed by atoms with Gasteiger partial charge in [0.05, 0.1) is 19.6 Å². The Bertz CT molecular complexity index is 833. The summed E-state index contributed by atoms with van der Waals surface area (Å²) in [6.45, 7) is 3.09. The molecule has 4 heteroatoms. The normalized spacial score (nSPS) is 10.3. The van der Waals surface area contributed by atoms with Crippen molar-refractivity contribution in [1.29, 1.82) is 0 Å². The van der Waals surface area contributed by atoms with E-state index >= 15 is 0 Å². The van der Waals surface area contributed by atoms with Crippen molar-refractivity contribution in [1.82, 2.24) is 0 Å². The molecule has 0 radical (unpaired) electrons. The Balaban J connectivity index is 0.00000208. The Morgan fingerprint density at radius 2 is 1.75 bits per heavy atom. The van der Waals surface area contributed by atoms with Gasteiger partial charge >= 0.3 is 0 Å². The highest BCUT2D eigenvalue weighted by atomic mass is 35.5. The molecular formula is C20H22ClNO2. The molecule has 24 heavy (non-hydrogen) atoms. The van der Waals surface area contributed by atoms with Crippen LogP contribution in [-0.4, -0.2) is 14.2 Å². The van der Waals surface area contributed by atoms with E-state index < -0.39 is 0 Å². The highest BCUT2D eigenvalue weighted by molar-refractivity contribution is 5.89. The zero-order chi connectivity index (χ0) is 16.2. The molecule has 0 fully saturated rings. The maximum absolute atomic E-state index is 5.55. The summed E-state index contributed by atoms with van der Waals surface area (Å²) in [5.41, 5.74) is 2.73. The van der Waals surface area contributed by atoms with Gasteiger partial charge < -0.3 is 21.9 Å². The van der Waals surface area contributed by atoms with Crippen molar-refractivity contribution >= 4 is 10.8 Å². The van der Waals surface area contributed by atoms with Crippen molar-refractivity contribution in [2.24, 2.45) is 0 Å². The quantitative estimate of drug-likeness (QED) is 0.636. The number of hydrogen-bond acceptors (Lipinski definition) is 2. The fourth-order valence-corrected chi connectivity index (χ4v) is 2.91. The Morgan fingerprint density at radius 1 is 0.958 bits per heavy atom. The predicted molar refractivity (Wildman–Crippen MR) is 92.1 cm³/mol. The Morgan fingerprint density at radius 3 is 2.46 bits per heavy atom. The highest BCUT2D eigenvalue weighted by Crippen LogP contribution is 2.34. The van der Waals surface area contributed by atoms with Gasteiger partial charge in [-0.2, -0.15) is 0 Å². The lowest BCUT2D eigenvalue weighted by Gasteiger charge is -2.10. The number of rotatable bonds is 5. The minimum Gasteiger partial charge on any atom is -1.00 e. The molecule has 0 aliphatic heterocycles. The van der Waals surface area contributed by atoms with Crippen LogP contribution in [0.2, 0.25) is 0 Å². The number of methoxy groups -OCH3 is 2. The van der Waals surface area contributed by atoms with Crippen molar-refractivity contribution in [2.45, 2.75) is 19.9 Å². The first kappa shape index (κ1) is 18.1. The Labute approximate surface area is 149 Å². The van der Waals surface area contributed by atoms with Crippen LogP contribution in [0.4, 0.5) is 0 Å². The van der Waals surface area contributed by atoms with Crippen LogP contribution in [0.25, 0.3) is 10.8 Å². The van der Waals surface area contributed by atoms with Crippen LogP contribution in [0.1, 0.15) is 11.1 Å². The summed E-state index contributed by atoms with van der Waals surface area (Å²) in [7, 11) is 3.35. The molecule has 3 rings (SSSR count). The van der Waals surface area contributed by atoms with Gasteiger partial charge in [0.25, 0.3) is 0 Å². The molecule has 2 aromatic carbocycles. The average molecular weight is 344 g/mol. The van der Waals surface area contributed by atoms with Gasteiger partial charge in [0.1, 0.15) is 0 Å². The average Bonchev–Trinajstić information content (AvgIpc) is 2.59. The van der Waals surface area contributed by atoms with E-state index in [4.69, 9.17) is 9.47 Å². The van der Waals surface area contributed by atoms with Gasteiger partial charge in [-0.25, -0.2) is 4.57 Å². The second-order valence-electron chi connectivity index (χ2n) is 5.66. The number of benzene rings is 2. The van der Waals surface area contributed by atoms with E-state index in [1.807, 2.05) is 6.07 Å². The maximum Gasteiger partial charge on any atom is 0.180 e. The predicted octanol–water partition coefficient (Wildman–Crippen LogP) is 0.700. The summed E-state index contributed by atoms with van der Waals surface area (Å²) in [6, 6.07) is 14.7. The maximum atomic E-state index is 5.55. The van der Waals surface area contributed by atoms with Crippen molar-refractivity contribution in [3.05, 3.63) is 66.0 Å². The monoisotopic (exact) mass is 343 g/mol. The number of hydrogen-bond donors (Lipinski definition) is 0. The van der Waals surface area contributed by atoms with E-state index in [2.05, 4.69) is 60.3 Å². The third kappa shape index (κ3) is 3.62. The summed E-state index contributed by atoms with van der Waals surface area (Å²) in [4.78, 5) is 0. The van der Waals surface area contributed by atoms with E-state index in [9.17, 15) is 0 Å². The number of pyridine rings is 1. The van der Waals surface area contributed by atoms with Crippen LogP contribution in [0, 0.1) is 6.92 Å². The molecular weight excluding hydrogens is 322 g/mol. The second kappa shape index (κ2) is 8.02. The first-order valence-corrected chi connectivity index (χ1v) is 7.81. The third-order valence-corrected chi connectivity index (χ3v) is 4.26. The molecule has 1 aromatic heterocycles. The van der Waals surface area contributed by atoms with Gasteiger partial charge in [-0.05, 0) is 35.6 Å². The van der Waals surface area contributed by atoms with E-state index in [-0.39, 0.29) is 12.4 Å². The standard InChI is InChI=1S/C20H22NO2.ClH/c1-15-6-4-5-7-16(15)10-12-21-13-11-17-8-9-19(22-2)20(23-3)18(17)14-21;/h4-9,11,13-14H,10,12H2,1-3H3;1H/q+1;/p-1. The fourth-order valence-electron chi connectivity index (χ4n) is 2.91. The van der Waals surface area contributed by atoms with E-state index in [0.717, 1.165) is 35.2 Å². The molecule has 0 atom stereocenters. The molecule has 0 aliphatic rings. The summed E-state index contributed by atoms with van der Waals surface area (Å²) in [5, 5.41) is 2.22. The number of ether oxygens (including phenoxy) is 2. The lowest BCUT2D eigenvalue weighted by Crippen LogP contribution is -3.00. The smallest absolute Gasteiger partial charge is 0.180 e. The number of aromatic nitrogens is 1. The van der Waals surface area contributed by atoms with Crippen molar-refractivity contribution in [3.8, 4) is 11.5 Å². The van der Waals surface area contributed by atoms with Crippen molar-refractivity contribution < 1.29 is 26.4 Å². The first-order valence-electron chi connectivity index (χ1n) is 7.81. The Kier molecular flexibility index (Phi) is 6.04. The van der Waals surface area contributed by atoms with Crippen LogP contribution >= 0.6 is 0 Å². The van der Waals surface area contributed by atoms with Gasteiger partial charge in [0.15, 0.2) is 30.4 Å². The van der Waals surface area contributed by atoms with Crippen molar-refractivity contribution in [3.63, 3.8) is 0 Å². The fraction of sp³-hybridized carbons (Fsp3) is 0.250. The number of nitrogens with zero attached hydrogens (tertiary/aromatic N) is 1. The molecule has 0 saturated carbocycles. The van der Waals surface area contributed by atoms with Gasteiger partial charge in [-0.15, -0.1) is 0 Å². The second-order valence-corrected chi connectivity index (χ2v) is 5.66. The molecule has 3 nitrogen and oxygen atoms in total. The Hall–Kier alpha value is -2.26. The van der Waals surface area contributed by atoms with Crippen LogP contribution in [-0.2, 0) is 13.0 Å². The largest absolute Gasteiger partial charge is 1.00 e. The van der Waals surface area contributed by atoms with Crippen LogP contribution in [0.3, 0.4) is 0 Å². The first-order chi connectivity index (χ1) is 11.2. The van der Waals surface area contributed by atoms with Gasteiger partial charge in [0, 0.05) is 12.5 Å². The lowest BCUT2D eigenvalue weighted by atomic mass is 10.1. The van der Waals surface area contributed by atoms with Gasteiger partial charge in [0.2, 0.25) is 0 Å². The van der Waals surface area contributed by atoms with Crippen LogP contribution < -0.4 is 26.4 Å². The molecule has 0 spiro atoms. The van der Waals surface area contributed by atoms with Gasteiger partial charge in [-0.3, -0.25) is 0 Å². The van der Waals surface area contributed by atoms with Crippen molar-refractivity contribution in [2.75, 3.05) is 14.2 Å². The molecule has 0 saturated heterocycles. The molecule has 0 bridgehead atoms. The highest BCUT2D eigenvalue weighted by Gasteiger charge is 2.13. The topological polar surface area (TPSA) is 22.3 Å². The van der Waals surface area contributed by atoms with E-state index in [1.165, 1.54) is 11.1 Å². The molecule has 0 aliphatic carbocycles. The number of aryl methyl sites for hydroxylation is 3. The zero-order valence-corrected chi connectivity index (χ0v) is 15.0.